The Hall–Kier alpha value is -2.05. The molecule has 0 aliphatic heterocycles. The van der Waals surface area contributed by atoms with E-state index in [0.717, 1.165) is 16.4 Å². The number of rotatable bonds is 2. The van der Waals surface area contributed by atoms with Gasteiger partial charge >= 0.3 is 0 Å². The van der Waals surface area contributed by atoms with Crippen LogP contribution in [0.5, 0.6) is 0 Å². The van der Waals surface area contributed by atoms with E-state index in [1.54, 1.807) is 18.2 Å². The summed E-state index contributed by atoms with van der Waals surface area (Å²) in [5, 5.41) is 3.55. The van der Waals surface area contributed by atoms with Gasteiger partial charge in [0.05, 0.1) is 22.0 Å². The molecule has 4 nitrogen and oxygen atoms in total. The SMILES string of the molecule is O=C(Nc1nc2ccc(Cl)cc2s1)c1ccncc1F. The molecule has 0 unspecified atom stereocenters. The minimum Gasteiger partial charge on any atom is -0.298 e. The van der Waals surface area contributed by atoms with E-state index >= 15 is 0 Å². The first-order valence-corrected chi connectivity index (χ1v) is 6.80. The van der Waals surface area contributed by atoms with Crippen molar-refractivity contribution in [3.8, 4) is 0 Å². The van der Waals surface area contributed by atoms with Crippen LogP contribution in [0.3, 0.4) is 0 Å². The molecule has 0 bridgehead atoms. The first-order chi connectivity index (χ1) is 9.63. The van der Waals surface area contributed by atoms with Crippen molar-refractivity contribution in [1.82, 2.24) is 9.97 Å². The largest absolute Gasteiger partial charge is 0.298 e. The van der Waals surface area contributed by atoms with Gasteiger partial charge in [0, 0.05) is 11.2 Å². The zero-order valence-electron chi connectivity index (χ0n) is 9.93. The lowest BCUT2D eigenvalue weighted by molar-refractivity contribution is 0.102. The second kappa shape index (κ2) is 5.15. The third-order valence-electron chi connectivity index (χ3n) is 2.59. The normalized spacial score (nSPS) is 10.7. The number of aromatic nitrogens is 2. The van der Waals surface area contributed by atoms with Gasteiger partial charge in [-0.05, 0) is 24.3 Å². The van der Waals surface area contributed by atoms with Crippen LogP contribution in [0, 0.1) is 5.82 Å². The molecule has 1 N–H and O–H groups in total. The minimum absolute atomic E-state index is 0.0720. The van der Waals surface area contributed by atoms with Crippen LogP contribution >= 0.6 is 22.9 Å². The molecule has 0 aliphatic rings. The summed E-state index contributed by atoms with van der Waals surface area (Å²) in [6, 6.07) is 6.56. The topological polar surface area (TPSA) is 54.9 Å². The minimum atomic E-state index is -0.672. The van der Waals surface area contributed by atoms with E-state index < -0.39 is 11.7 Å². The molecular formula is C13H7ClFN3OS. The number of carbonyl (C=O) groups excluding carboxylic acids is 1. The first-order valence-electron chi connectivity index (χ1n) is 5.60. The number of thiazole rings is 1. The van der Waals surface area contributed by atoms with E-state index in [1.165, 1.54) is 23.6 Å². The molecule has 3 rings (SSSR count). The zero-order valence-corrected chi connectivity index (χ0v) is 11.5. The van der Waals surface area contributed by atoms with Gasteiger partial charge in [0.25, 0.3) is 5.91 Å². The number of hydrogen-bond donors (Lipinski definition) is 1. The van der Waals surface area contributed by atoms with Crippen LogP contribution in [-0.4, -0.2) is 15.9 Å². The third-order valence-corrected chi connectivity index (χ3v) is 3.76. The van der Waals surface area contributed by atoms with Crippen LogP contribution in [0.4, 0.5) is 9.52 Å². The van der Waals surface area contributed by atoms with Gasteiger partial charge in [0.2, 0.25) is 0 Å². The molecule has 0 saturated carbocycles. The Labute approximate surface area is 122 Å². The van der Waals surface area contributed by atoms with Gasteiger partial charge in [0.15, 0.2) is 10.9 Å². The maximum atomic E-state index is 13.4. The standard InChI is InChI=1S/C13H7ClFN3OS/c14-7-1-2-10-11(5-7)20-13(17-10)18-12(19)8-3-4-16-6-9(8)15/h1-6H,(H,17,18,19). The molecule has 0 fully saturated rings. The van der Waals surface area contributed by atoms with E-state index in [9.17, 15) is 9.18 Å². The molecule has 2 heterocycles. The quantitative estimate of drug-likeness (QED) is 0.784. The molecule has 0 atom stereocenters. The number of halogens is 2. The monoisotopic (exact) mass is 307 g/mol. The molecule has 0 spiro atoms. The lowest BCUT2D eigenvalue weighted by atomic mass is 10.2. The number of benzene rings is 1. The second-order valence-corrected chi connectivity index (χ2v) is 5.41. The molecule has 7 heteroatoms. The predicted octanol–water partition coefficient (Wildman–Crippen LogP) is 3.74. The molecule has 0 radical (unpaired) electrons. The summed E-state index contributed by atoms with van der Waals surface area (Å²) < 4.78 is 14.3. The van der Waals surface area contributed by atoms with Gasteiger partial charge in [-0.2, -0.15) is 0 Å². The summed E-state index contributed by atoms with van der Waals surface area (Å²) in [7, 11) is 0. The summed E-state index contributed by atoms with van der Waals surface area (Å²) in [5.41, 5.74) is 0.655. The number of carbonyl (C=O) groups is 1. The molecule has 3 aromatic rings. The highest BCUT2D eigenvalue weighted by atomic mass is 35.5. The van der Waals surface area contributed by atoms with Gasteiger partial charge in [0.1, 0.15) is 0 Å². The van der Waals surface area contributed by atoms with Crippen LogP contribution in [-0.2, 0) is 0 Å². The number of hydrogen-bond acceptors (Lipinski definition) is 4. The lowest BCUT2D eigenvalue weighted by Crippen LogP contribution is -2.13. The second-order valence-electron chi connectivity index (χ2n) is 3.94. The van der Waals surface area contributed by atoms with Crippen LogP contribution in [0.25, 0.3) is 10.2 Å². The summed E-state index contributed by atoms with van der Waals surface area (Å²) in [6.45, 7) is 0. The fraction of sp³-hybridized carbons (Fsp3) is 0. The average molecular weight is 308 g/mol. The van der Waals surface area contributed by atoms with Crippen molar-refractivity contribution < 1.29 is 9.18 Å². The molecular weight excluding hydrogens is 301 g/mol. The highest BCUT2D eigenvalue weighted by Gasteiger charge is 2.13. The lowest BCUT2D eigenvalue weighted by Gasteiger charge is -2.01. The van der Waals surface area contributed by atoms with Gasteiger partial charge < -0.3 is 0 Å². The Morgan fingerprint density at radius 2 is 2.20 bits per heavy atom. The average Bonchev–Trinajstić information content (AvgIpc) is 2.80. The van der Waals surface area contributed by atoms with Crippen molar-refractivity contribution in [2.45, 2.75) is 0 Å². The number of pyridine rings is 1. The van der Waals surface area contributed by atoms with Gasteiger partial charge in [-0.3, -0.25) is 15.1 Å². The van der Waals surface area contributed by atoms with E-state index in [4.69, 9.17) is 11.6 Å². The van der Waals surface area contributed by atoms with Crippen LogP contribution in [0.1, 0.15) is 10.4 Å². The number of amides is 1. The number of fused-ring (bicyclic) bond motifs is 1. The Balaban J connectivity index is 1.89. The molecule has 2 aromatic heterocycles. The van der Waals surface area contributed by atoms with Crippen molar-refractivity contribution in [2.24, 2.45) is 0 Å². The van der Waals surface area contributed by atoms with Gasteiger partial charge in [-0.15, -0.1) is 0 Å². The van der Waals surface area contributed by atoms with E-state index in [1.807, 2.05) is 0 Å². The van der Waals surface area contributed by atoms with Crippen molar-refractivity contribution in [3.63, 3.8) is 0 Å². The van der Waals surface area contributed by atoms with Crippen LogP contribution in [0.15, 0.2) is 36.7 Å². The molecule has 0 aliphatic carbocycles. The van der Waals surface area contributed by atoms with Crippen LogP contribution in [0.2, 0.25) is 5.02 Å². The maximum Gasteiger partial charge on any atom is 0.260 e. The maximum absolute atomic E-state index is 13.4. The van der Waals surface area contributed by atoms with Crippen molar-refractivity contribution >= 4 is 44.2 Å². The Kier molecular flexibility index (Phi) is 3.33. The fourth-order valence-corrected chi connectivity index (χ4v) is 2.81. The molecule has 100 valence electrons. The van der Waals surface area contributed by atoms with E-state index in [-0.39, 0.29) is 5.56 Å². The van der Waals surface area contributed by atoms with E-state index in [0.29, 0.717) is 10.2 Å². The summed E-state index contributed by atoms with van der Waals surface area (Å²) >= 11 is 7.16. The van der Waals surface area contributed by atoms with Crippen molar-refractivity contribution in [3.05, 3.63) is 53.1 Å². The Bertz CT molecular complexity index is 805. The molecule has 20 heavy (non-hydrogen) atoms. The predicted molar refractivity (Wildman–Crippen MR) is 76.8 cm³/mol. The van der Waals surface area contributed by atoms with E-state index in [2.05, 4.69) is 15.3 Å². The molecule has 0 saturated heterocycles. The zero-order chi connectivity index (χ0) is 14.1. The Morgan fingerprint density at radius 1 is 1.35 bits per heavy atom. The van der Waals surface area contributed by atoms with Crippen molar-refractivity contribution in [1.29, 1.82) is 0 Å². The summed E-state index contributed by atoms with van der Waals surface area (Å²) in [6.07, 6.45) is 2.35. The number of nitrogens with one attached hydrogen (secondary N) is 1. The summed E-state index contributed by atoms with van der Waals surface area (Å²) in [5.74, 6) is -1.23. The fourth-order valence-electron chi connectivity index (χ4n) is 1.68. The summed E-state index contributed by atoms with van der Waals surface area (Å²) in [4.78, 5) is 19.8. The van der Waals surface area contributed by atoms with Crippen LogP contribution < -0.4 is 5.32 Å². The smallest absolute Gasteiger partial charge is 0.260 e. The van der Waals surface area contributed by atoms with Gasteiger partial charge in [-0.25, -0.2) is 9.37 Å². The van der Waals surface area contributed by atoms with Crippen molar-refractivity contribution in [2.75, 3.05) is 5.32 Å². The highest BCUT2D eigenvalue weighted by molar-refractivity contribution is 7.22. The molecule has 1 amide bonds. The third kappa shape index (κ3) is 2.48. The number of nitrogens with zero attached hydrogens (tertiary/aromatic N) is 2. The first kappa shape index (κ1) is 13.0. The Morgan fingerprint density at radius 3 is 3.00 bits per heavy atom. The molecule has 1 aromatic carbocycles. The highest BCUT2D eigenvalue weighted by Crippen LogP contribution is 2.28. The van der Waals surface area contributed by atoms with Gasteiger partial charge in [-0.1, -0.05) is 22.9 Å². The number of anilines is 1.